The summed E-state index contributed by atoms with van der Waals surface area (Å²) in [6.45, 7) is -0.679. The first-order chi connectivity index (χ1) is 13.0. The van der Waals surface area contributed by atoms with Crippen LogP contribution in [0.2, 0.25) is 0 Å². The second-order valence-corrected chi connectivity index (χ2v) is 5.16. The van der Waals surface area contributed by atoms with Crippen LogP contribution in [0, 0.1) is 17.1 Å². The monoisotopic (exact) mass is 367 g/mol. The van der Waals surface area contributed by atoms with Crippen LogP contribution in [0.4, 0.5) is 14.9 Å². The summed E-state index contributed by atoms with van der Waals surface area (Å²) < 4.78 is 18.1. The van der Waals surface area contributed by atoms with Crippen LogP contribution in [0.3, 0.4) is 0 Å². The number of carbonyl (C=O) groups is 3. The van der Waals surface area contributed by atoms with Gasteiger partial charge in [-0.1, -0.05) is 24.3 Å². The first-order valence-electron chi connectivity index (χ1n) is 7.68. The van der Waals surface area contributed by atoms with Crippen molar-refractivity contribution in [1.29, 1.82) is 5.26 Å². The molecule has 0 spiro atoms. The first-order valence-corrected chi connectivity index (χ1v) is 7.68. The highest BCUT2D eigenvalue weighted by molar-refractivity contribution is 6.02. The van der Waals surface area contributed by atoms with E-state index in [0.717, 1.165) is 12.1 Å². The quantitative estimate of drug-likeness (QED) is 0.624. The van der Waals surface area contributed by atoms with Gasteiger partial charge >= 0.3 is 12.0 Å². The van der Waals surface area contributed by atoms with Crippen LogP contribution in [0.15, 0.2) is 54.6 Å². The number of hydrogen-bond donors (Lipinski definition) is 2. The molecule has 2 rings (SSSR count). The molecule has 0 bridgehead atoms. The molecule has 0 saturated carbocycles. The minimum atomic E-state index is -0.950. The number of rotatable bonds is 5. The van der Waals surface area contributed by atoms with Crippen LogP contribution in [-0.2, 0) is 14.3 Å². The zero-order chi connectivity index (χ0) is 19.6. The lowest BCUT2D eigenvalue weighted by Crippen LogP contribution is -2.37. The number of halogens is 1. The van der Waals surface area contributed by atoms with Gasteiger partial charge in [0.05, 0.1) is 17.3 Å². The first kappa shape index (κ1) is 19.3. The van der Waals surface area contributed by atoms with Crippen molar-refractivity contribution in [1.82, 2.24) is 5.32 Å². The van der Waals surface area contributed by atoms with Gasteiger partial charge in [0.1, 0.15) is 5.82 Å². The Morgan fingerprint density at radius 1 is 1.11 bits per heavy atom. The number of carbonyl (C=O) groups excluding carboxylic acids is 3. The maximum atomic E-state index is 13.4. The molecule has 8 heteroatoms. The minimum Gasteiger partial charge on any atom is -0.452 e. The predicted molar refractivity (Wildman–Crippen MR) is 94.7 cm³/mol. The fraction of sp³-hybridized carbons (Fsp3) is 0.0526. The molecule has 0 aliphatic heterocycles. The average molecular weight is 367 g/mol. The molecular formula is C19H14FN3O4. The van der Waals surface area contributed by atoms with Crippen molar-refractivity contribution in [2.24, 2.45) is 0 Å². The molecular weight excluding hydrogens is 353 g/mol. The maximum Gasteiger partial charge on any atom is 0.331 e. The number of nitrogens with zero attached hydrogens (tertiary/aromatic N) is 1. The Morgan fingerprint density at radius 3 is 2.48 bits per heavy atom. The average Bonchev–Trinajstić information content (AvgIpc) is 2.67. The number of nitrogens with one attached hydrogen (secondary N) is 2. The number of ether oxygens (including phenoxy) is 1. The Bertz CT molecular complexity index is 917. The standard InChI is InChI=1S/C19H14FN3O4/c20-15-3-1-2-4-16(15)22-19(26)23-17(24)12-27-18(25)10-9-13-5-7-14(11-21)8-6-13/h1-10H,12H2,(H2,22,23,24,26)/b10-9+. The summed E-state index contributed by atoms with van der Waals surface area (Å²) in [6.07, 6.45) is 2.56. The molecule has 0 heterocycles. The van der Waals surface area contributed by atoms with E-state index in [-0.39, 0.29) is 5.69 Å². The molecule has 3 amide bonds. The molecule has 2 aromatic rings. The molecule has 0 unspecified atom stereocenters. The van der Waals surface area contributed by atoms with E-state index in [9.17, 15) is 18.8 Å². The van der Waals surface area contributed by atoms with E-state index in [0.29, 0.717) is 11.1 Å². The van der Waals surface area contributed by atoms with E-state index >= 15 is 0 Å². The van der Waals surface area contributed by atoms with Gasteiger partial charge in [0.15, 0.2) is 6.61 Å². The van der Waals surface area contributed by atoms with Gasteiger partial charge in [-0.05, 0) is 35.9 Å². The smallest absolute Gasteiger partial charge is 0.331 e. The highest BCUT2D eigenvalue weighted by atomic mass is 19.1. The SMILES string of the molecule is N#Cc1ccc(/C=C/C(=O)OCC(=O)NC(=O)Nc2ccccc2F)cc1. The van der Waals surface area contributed by atoms with Crippen LogP contribution in [0.25, 0.3) is 6.08 Å². The topological polar surface area (TPSA) is 108 Å². The van der Waals surface area contributed by atoms with E-state index in [1.54, 1.807) is 24.3 Å². The summed E-state index contributed by atoms with van der Waals surface area (Å²) >= 11 is 0. The lowest BCUT2D eigenvalue weighted by molar-refractivity contribution is -0.143. The summed E-state index contributed by atoms with van der Waals surface area (Å²) in [4.78, 5) is 34.7. The summed E-state index contributed by atoms with van der Waals surface area (Å²) in [7, 11) is 0. The highest BCUT2D eigenvalue weighted by Crippen LogP contribution is 2.11. The minimum absolute atomic E-state index is 0.0925. The number of nitriles is 1. The maximum absolute atomic E-state index is 13.4. The number of hydrogen-bond acceptors (Lipinski definition) is 5. The van der Waals surface area contributed by atoms with E-state index in [1.807, 2.05) is 11.4 Å². The van der Waals surface area contributed by atoms with Crippen molar-refractivity contribution in [3.05, 3.63) is 71.6 Å². The van der Waals surface area contributed by atoms with Crippen molar-refractivity contribution in [3.8, 4) is 6.07 Å². The Kier molecular flexibility index (Phi) is 6.79. The number of para-hydroxylation sites is 1. The number of imide groups is 1. The molecule has 0 aliphatic rings. The number of benzene rings is 2. The van der Waals surface area contributed by atoms with Gasteiger partial charge in [0.2, 0.25) is 0 Å². The molecule has 0 aromatic heterocycles. The number of anilines is 1. The van der Waals surface area contributed by atoms with Crippen LogP contribution >= 0.6 is 0 Å². The van der Waals surface area contributed by atoms with Crippen LogP contribution in [0.5, 0.6) is 0 Å². The molecule has 27 heavy (non-hydrogen) atoms. The zero-order valence-electron chi connectivity index (χ0n) is 13.9. The summed E-state index contributed by atoms with van der Waals surface area (Å²) in [5, 5.41) is 12.8. The summed E-state index contributed by atoms with van der Waals surface area (Å²) in [5.74, 6) is -2.31. The number of amides is 3. The van der Waals surface area contributed by atoms with Crippen LogP contribution < -0.4 is 10.6 Å². The van der Waals surface area contributed by atoms with Gasteiger partial charge in [-0.3, -0.25) is 10.1 Å². The molecule has 7 nitrogen and oxygen atoms in total. The van der Waals surface area contributed by atoms with Crippen molar-refractivity contribution < 1.29 is 23.5 Å². The molecule has 0 aliphatic carbocycles. The van der Waals surface area contributed by atoms with Crippen LogP contribution in [0.1, 0.15) is 11.1 Å². The third-order valence-corrected chi connectivity index (χ3v) is 3.17. The van der Waals surface area contributed by atoms with Crippen molar-refractivity contribution in [2.45, 2.75) is 0 Å². The molecule has 0 saturated heterocycles. The number of urea groups is 1. The van der Waals surface area contributed by atoms with E-state index in [4.69, 9.17) is 10.00 Å². The van der Waals surface area contributed by atoms with Crippen molar-refractivity contribution in [3.63, 3.8) is 0 Å². The second-order valence-electron chi connectivity index (χ2n) is 5.16. The van der Waals surface area contributed by atoms with Gasteiger partial charge in [-0.2, -0.15) is 5.26 Å². The molecule has 0 atom stereocenters. The van der Waals surface area contributed by atoms with Crippen molar-refractivity contribution in [2.75, 3.05) is 11.9 Å². The van der Waals surface area contributed by atoms with Crippen molar-refractivity contribution >= 4 is 29.7 Å². The Labute approximate surface area is 154 Å². The molecule has 2 N–H and O–H groups in total. The summed E-state index contributed by atoms with van der Waals surface area (Å²) in [5.41, 5.74) is 1.06. The lowest BCUT2D eigenvalue weighted by Gasteiger charge is -2.07. The van der Waals surface area contributed by atoms with Gasteiger partial charge in [-0.15, -0.1) is 0 Å². The largest absolute Gasteiger partial charge is 0.452 e. The molecule has 2 aromatic carbocycles. The Morgan fingerprint density at radius 2 is 1.81 bits per heavy atom. The molecule has 0 radical (unpaired) electrons. The predicted octanol–water partition coefficient (Wildman–Crippen LogP) is 2.60. The molecule has 136 valence electrons. The van der Waals surface area contributed by atoms with Crippen LogP contribution in [-0.4, -0.2) is 24.5 Å². The van der Waals surface area contributed by atoms with Gasteiger partial charge < -0.3 is 10.1 Å². The normalized spacial score (nSPS) is 10.1. The Balaban J connectivity index is 1.76. The van der Waals surface area contributed by atoms with Gasteiger partial charge in [0, 0.05) is 6.08 Å². The number of esters is 1. The lowest BCUT2D eigenvalue weighted by atomic mass is 10.1. The van der Waals surface area contributed by atoms with Gasteiger partial charge in [0.25, 0.3) is 5.91 Å². The van der Waals surface area contributed by atoms with E-state index in [1.165, 1.54) is 24.3 Å². The molecule has 0 fully saturated rings. The third kappa shape index (κ3) is 6.43. The van der Waals surface area contributed by atoms with Gasteiger partial charge in [-0.25, -0.2) is 14.0 Å². The fourth-order valence-corrected chi connectivity index (χ4v) is 1.90. The van der Waals surface area contributed by atoms with E-state index < -0.39 is 30.3 Å². The zero-order valence-corrected chi connectivity index (χ0v) is 13.9. The Hall–Kier alpha value is -3.99. The summed E-state index contributed by atoms with van der Waals surface area (Å²) in [6, 6.07) is 12.9. The fourth-order valence-electron chi connectivity index (χ4n) is 1.90. The second kappa shape index (κ2) is 9.48. The van der Waals surface area contributed by atoms with E-state index in [2.05, 4.69) is 5.32 Å². The highest BCUT2D eigenvalue weighted by Gasteiger charge is 2.11. The third-order valence-electron chi connectivity index (χ3n) is 3.17.